The third kappa shape index (κ3) is 3.81. The van der Waals surface area contributed by atoms with Gasteiger partial charge in [-0.3, -0.25) is 4.79 Å². The third-order valence-electron chi connectivity index (χ3n) is 4.45. The Labute approximate surface area is 163 Å². The monoisotopic (exact) mass is 438 g/mol. The average Bonchev–Trinajstić information content (AvgIpc) is 3.13. The summed E-state index contributed by atoms with van der Waals surface area (Å²) in [5, 5.41) is 15.2. The van der Waals surface area contributed by atoms with Crippen LogP contribution in [-0.4, -0.2) is 28.8 Å². The number of halogens is 6. The molecule has 0 aliphatic carbocycles. The maximum Gasteiger partial charge on any atom is 0.437 e. The molecule has 0 radical (unpaired) electrons. The summed E-state index contributed by atoms with van der Waals surface area (Å²) >= 11 is 0.823. The number of benzene rings is 1. The summed E-state index contributed by atoms with van der Waals surface area (Å²) < 4.78 is 79.3. The SMILES string of the molecule is O=C1N[C@@H](c2ccc(C(F)(F)F)cc2)[C@@H](C(=O)c2cccs2)[C@](O)(C(F)(F)F)N1. The molecule has 3 atom stereocenters. The average molecular weight is 438 g/mol. The molecule has 0 spiro atoms. The van der Waals surface area contributed by atoms with E-state index in [-0.39, 0.29) is 10.4 Å². The van der Waals surface area contributed by atoms with Crippen LogP contribution in [0.4, 0.5) is 31.1 Å². The van der Waals surface area contributed by atoms with Crippen LogP contribution in [0.1, 0.15) is 26.8 Å². The Bertz CT molecular complexity index is 911. The van der Waals surface area contributed by atoms with Crippen LogP contribution in [0.25, 0.3) is 0 Å². The normalized spacial score (nSPS) is 25.3. The summed E-state index contributed by atoms with van der Waals surface area (Å²) in [6.07, 6.45) is -10.1. The number of rotatable bonds is 3. The first-order valence-corrected chi connectivity index (χ1v) is 8.85. The van der Waals surface area contributed by atoms with Crippen molar-refractivity contribution >= 4 is 23.2 Å². The molecule has 3 N–H and O–H groups in total. The molecule has 0 saturated carbocycles. The van der Waals surface area contributed by atoms with Crippen LogP contribution in [-0.2, 0) is 6.18 Å². The minimum atomic E-state index is -5.44. The molecular formula is C17H12F6N2O3S. The van der Waals surface area contributed by atoms with Gasteiger partial charge in [0.15, 0.2) is 5.78 Å². The number of aliphatic hydroxyl groups is 1. The summed E-state index contributed by atoms with van der Waals surface area (Å²) in [5.41, 5.74) is -5.19. The summed E-state index contributed by atoms with van der Waals surface area (Å²) in [4.78, 5) is 24.5. The lowest BCUT2D eigenvalue weighted by atomic mass is 9.78. The Morgan fingerprint density at radius 1 is 1.07 bits per heavy atom. The van der Waals surface area contributed by atoms with Gasteiger partial charge in [-0.1, -0.05) is 18.2 Å². The van der Waals surface area contributed by atoms with Crippen LogP contribution in [0.15, 0.2) is 41.8 Å². The second-order valence-electron chi connectivity index (χ2n) is 6.28. The molecular weight excluding hydrogens is 426 g/mol. The Balaban J connectivity index is 2.11. The zero-order valence-corrected chi connectivity index (χ0v) is 15.0. The molecule has 3 rings (SSSR count). The molecule has 1 saturated heterocycles. The van der Waals surface area contributed by atoms with Crippen LogP contribution in [0.3, 0.4) is 0 Å². The minimum absolute atomic E-state index is 0.118. The van der Waals surface area contributed by atoms with E-state index in [9.17, 15) is 41.0 Å². The zero-order valence-electron chi connectivity index (χ0n) is 14.1. The van der Waals surface area contributed by atoms with E-state index in [4.69, 9.17) is 0 Å². The smallest absolute Gasteiger partial charge is 0.363 e. The zero-order chi connectivity index (χ0) is 21.6. The number of ketones is 1. The van der Waals surface area contributed by atoms with E-state index in [1.807, 2.05) is 0 Å². The Kier molecular flexibility index (Phi) is 5.11. The van der Waals surface area contributed by atoms with E-state index < -0.39 is 47.4 Å². The molecule has 2 aromatic rings. The number of carbonyl (C=O) groups excluding carboxylic acids is 2. The molecule has 0 bridgehead atoms. The van der Waals surface area contributed by atoms with Gasteiger partial charge in [-0.05, 0) is 29.1 Å². The van der Waals surface area contributed by atoms with Gasteiger partial charge in [0.2, 0.25) is 5.72 Å². The van der Waals surface area contributed by atoms with Gasteiger partial charge in [-0.2, -0.15) is 26.3 Å². The van der Waals surface area contributed by atoms with Gasteiger partial charge in [-0.15, -0.1) is 11.3 Å². The number of thiophene rings is 1. The molecule has 1 aromatic heterocycles. The van der Waals surface area contributed by atoms with Crippen LogP contribution >= 0.6 is 11.3 Å². The van der Waals surface area contributed by atoms with Gasteiger partial charge in [0.25, 0.3) is 0 Å². The lowest BCUT2D eigenvalue weighted by Gasteiger charge is -2.44. The first-order valence-electron chi connectivity index (χ1n) is 7.97. The van der Waals surface area contributed by atoms with Crippen molar-refractivity contribution in [1.82, 2.24) is 10.6 Å². The van der Waals surface area contributed by atoms with E-state index >= 15 is 0 Å². The fourth-order valence-electron chi connectivity index (χ4n) is 3.07. The summed E-state index contributed by atoms with van der Waals surface area (Å²) in [7, 11) is 0. The Morgan fingerprint density at radius 3 is 2.17 bits per heavy atom. The number of carbonyl (C=O) groups is 2. The van der Waals surface area contributed by atoms with Crippen molar-refractivity contribution in [3.63, 3.8) is 0 Å². The Morgan fingerprint density at radius 2 is 1.69 bits per heavy atom. The maximum atomic E-state index is 13.7. The quantitative estimate of drug-likeness (QED) is 0.503. The molecule has 0 unspecified atom stereocenters. The fraction of sp³-hybridized carbons (Fsp3) is 0.294. The highest BCUT2D eigenvalue weighted by Gasteiger charge is 2.66. The van der Waals surface area contributed by atoms with Crippen molar-refractivity contribution in [2.75, 3.05) is 0 Å². The number of hydrogen-bond acceptors (Lipinski definition) is 4. The van der Waals surface area contributed by atoms with Gasteiger partial charge >= 0.3 is 18.4 Å². The molecule has 2 heterocycles. The predicted molar refractivity (Wildman–Crippen MR) is 89.0 cm³/mol. The van der Waals surface area contributed by atoms with Gasteiger partial charge in [0.05, 0.1) is 16.5 Å². The van der Waals surface area contributed by atoms with E-state index in [0.717, 1.165) is 23.5 Å². The highest BCUT2D eigenvalue weighted by Crippen LogP contribution is 2.44. The van der Waals surface area contributed by atoms with E-state index in [1.165, 1.54) is 22.8 Å². The van der Waals surface area contributed by atoms with Gasteiger partial charge in [0, 0.05) is 0 Å². The molecule has 12 heteroatoms. The van der Waals surface area contributed by atoms with E-state index in [0.29, 0.717) is 12.1 Å². The van der Waals surface area contributed by atoms with Crippen molar-refractivity contribution in [2.24, 2.45) is 5.92 Å². The van der Waals surface area contributed by atoms with Crippen molar-refractivity contribution in [3.8, 4) is 0 Å². The van der Waals surface area contributed by atoms with Crippen LogP contribution in [0, 0.1) is 5.92 Å². The largest absolute Gasteiger partial charge is 0.437 e. The van der Waals surface area contributed by atoms with Gasteiger partial charge in [-0.25, -0.2) is 4.79 Å². The van der Waals surface area contributed by atoms with Crippen LogP contribution in [0.5, 0.6) is 0 Å². The molecule has 1 aromatic carbocycles. The summed E-state index contributed by atoms with van der Waals surface area (Å²) in [6, 6.07) is 2.43. The first-order chi connectivity index (χ1) is 13.3. The van der Waals surface area contributed by atoms with E-state index in [1.54, 1.807) is 0 Å². The second kappa shape index (κ2) is 7.02. The highest BCUT2D eigenvalue weighted by atomic mass is 32.1. The topological polar surface area (TPSA) is 78.4 Å². The molecule has 1 aliphatic heterocycles. The first kappa shape index (κ1) is 21.1. The minimum Gasteiger partial charge on any atom is -0.363 e. The number of nitrogens with one attached hydrogen (secondary N) is 2. The third-order valence-corrected chi connectivity index (χ3v) is 5.33. The number of Topliss-reactive ketones (excluding diaryl/α,β-unsaturated/α-hetero) is 1. The van der Waals surface area contributed by atoms with Crippen LogP contribution < -0.4 is 10.6 Å². The molecule has 156 valence electrons. The lowest BCUT2D eigenvalue weighted by molar-refractivity contribution is -0.287. The van der Waals surface area contributed by atoms with E-state index in [2.05, 4.69) is 5.32 Å². The number of amides is 2. The second-order valence-corrected chi connectivity index (χ2v) is 7.23. The summed E-state index contributed by atoms with van der Waals surface area (Å²) in [5.74, 6) is -3.41. The molecule has 2 amide bonds. The summed E-state index contributed by atoms with van der Waals surface area (Å²) in [6.45, 7) is 0. The van der Waals surface area contributed by atoms with Crippen molar-refractivity contribution in [3.05, 3.63) is 57.8 Å². The fourth-order valence-corrected chi connectivity index (χ4v) is 3.77. The number of urea groups is 1. The number of alkyl halides is 6. The molecule has 29 heavy (non-hydrogen) atoms. The van der Waals surface area contributed by atoms with Crippen molar-refractivity contribution in [1.29, 1.82) is 0 Å². The predicted octanol–water partition coefficient (Wildman–Crippen LogP) is 3.87. The number of hydrogen-bond donors (Lipinski definition) is 3. The molecule has 5 nitrogen and oxygen atoms in total. The maximum absolute atomic E-state index is 13.7. The Hall–Kier alpha value is -2.60. The van der Waals surface area contributed by atoms with Crippen LogP contribution in [0.2, 0.25) is 0 Å². The van der Waals surface area contributed by atoms with Crippen molar-refractivity contribution in [2.45, 2.75) is 24.1 Å². The molecule has 1 fully saturated rings. The standard InChI is InChI=1S/C17H12F6N2O3S/c18-16(19,20)9-5-3-8(4-6-9)12-11(13(26)10-2-1-7-29-10)15(28,17(21,22)23)25-14(27)24-12/h1-7,11-12,28H,(H2,24,25,27)/t11-,12-,15-/m0/s1. The van der Waals surface area contributed by atoms with Gasteiger partial charge < -0.3 is 15.7 Å². The highest BCUT2D eigenvalue weighted by molar-refractivity contribution is 7.12. The molecule has 1 aliphatic rings. The van der Waals surface area contributed by atoms with Crippen molar-refractivity contribution < 1.29 is 41.0 Å². The lowest BCUT2D eigenvalue weighted by Crippen LogP contribution is -2.72. The van der Waals surface area contributed by atoms with Gasteiger partial charge in [0.1, 0.15) is 5.92 Å².